The fraction of sp³-hybridized carbons (Fsp3) is 0.588. The third-order valence-electron chi connectivity index (χ3n) is 3.51. The summed E-state index contributed by atoms with van der Waals surface area (Å²) in [5, 5.41) is 0. The van der Waals surface area contributed by atoms with Crippen molar-refractivity contribution in [1.29, 1.82) is 0 Å². The van der Waals surface area contributed by atoms with Crippen LogP contribution in [0.25, 0.3) is 0 Å². The van der Waals surface area contributed by atoms with E-state index >= 15 is 0 Å². The van der Waals surface area contributed by atoms with Crippen molar-refractivity contribution in [1.82, 2.24) is 4.90 Å². The molecule has 0 saturated heterocycles. The fourth-order valence-corrected chi connectivity index (χ4v) is 2.31. The number of carbonyl (C=O) groups is 1. The van der Waals surface area contributed by atoms with Gasteiger partial charge in [0.2, 0.25) is 5.91 Å². The van der Waals surface area contributed by atoms with Crippen molar-refractivity contribution in [2.24, 2.45) is 0 Å². The molecule has 20 heavy (non-hydrogen) atoms. The molecule has 0 unspecified atom stereocenters. The van der Waals surface area contributed by atoms with Gasteiger partial charge in [-0.15, -0.1) is 0 Å². The first-order chi connectivity index (χ1) is 9.69. The summed E-state index contributed by atoms with van der Waals surface area (Å²) in [4.78, 5) is 14.2. The van der Waals surface area contributed by atoms with Gasteiger partial charge in [0.1, 0.15) is 0 Å². The molecular weight excluding hydrogens is 248 g/mol. The van der Waals surface area contributed by atoms with Crippen LogP contribution in [0, 0.1) is 0 Å². The summed E-state index contributed by atoms with van der Waals surface area (Å²) in [5.41, 5.74) is 7.78. The van der Waals surface area contributed by atoms with Crippen LogP contribution in [0.2, 0.25) is 0 Å². The number of unbranched alkanes of at least 4 members (excludes halogenated alkanes) is 3. The molecule has 1 aromatic rings. The predicted octanol–water partition coefficient (Wildman–Crippen LogP) is 3.98. The second-order valence-corrected chi connectivity index (χ2v) is 5.32. The molecule has 0 heterocycles. The lowest BCUT2D eigenvalue weighted by Gasteiger charge is -2.23. The van der Waals surface area contributed by atoms with Crippen molar-refractivity contribution in [3.05, 3.63) is 29.8 Å². The molecule has 1 rings (SSSR count). The van der Waals surface area contributed by atoms with Crippen LogP contribution >= 0.6 is 0 Å². The van der Waals surface area contributed by atoms with Gasteiger partial charge in [-0.3, -0.25) is 4.79 Å². The Kier molecular flexibility index (Phi) is 7.78. The number of hydrogen-bond donors (Lipinski definition) is 1. The van der Waals surface area contributed by atoms with Gasteiger partial charge in [-0.25, -0.2) is 0 Å². The molecule has 3 heteroatoms. The summed E-state index contributed by atoms with van der Waals surface area (Å²) in [6.45, 7) is 5.73. The molecule has 2 N–H and O–H groups in total. The Morgan fingerprint density at radius 2 is 1.85 bits per heavy atom. The predicted molar refractivity (Wildman–Crippen MR) is 85.3 cm³/mol. The molecular formula is C17H28N2O. The second-order valence-electron chi connectivity index (χ2n) is 5.32. The second kappa shape index (κ2) is 9.40. The summed E-state index contributed by atoms with van der Waals surface area (Å²) >= 11 is 0. The Bertz CT molecular complexity index is 404. The highest BCUT2D eigenvalue weighted by Gasteiger charge is 2.13. The molecule has 0 atom stereocenters. The summed E-state index contributed by atoms with van der Waals surface area (Å²) in [7, 11) is 0. The van der Waals surface area contributed by atoms with E-state index in [-0.39, 0.29) is 5.91 Å². The number of rotatable bonds is 9. The van der Waals surface area contributed by atoms with Crippen LogP contribution in [-0.4, -0.2) is 17.4 Å². The van der Waals surface area contributed by atoms with E-state index in [1.54, 1.807) is 0 Å². The molecule has 0 aliphatic carbocycles. The number of para-hydroxylation sites is 1. The fourth-order valence-electron chi connectivity index (χ4n) is 2.31. The first kappa shape index (κ1) is 16.5. The molecule has 0 fully saturated rings. The molecule has 1 amide bonds. The number of anilines is 1. The summed E-state index contributed by atoms with van der Waals surface area (Å²) in [6, 6.07) is 7.80. The molecule has 112 valence electrons. The van der Waals surface area contributed by atoms with Crippen molar-refractivity contribution in [2.75, 3.05) is 12.3 Å². The van der Waals surface area contributed by atoms with Crippen molar-refractivity contribution in [3.8, 4) is 0 Å². The number of nitrogens with zero attached hydrogens (tertiary/aromatic N) is 1. The molecule has 0 aliphatic heterocycles. The number of carbonyl (C=O) groups excluding carboxylic acids is 1. The number of nitrogens with two attached hydrogens (primary N) is 1. The van der Waals surface area contributed by atoms with E-state index in [1.807, 2.05) is 29.2 Å². The normalized spacial score (nSPS) is 10.5. The third-order valence-corrected chi connectivity index (χ3v) is 3.51. The number of hydrogen-bond acceptors (Lipinski definition) is 2. The third kappa shape index (κ3) is 5.64. The van der Waals surface area contributed by atoms with E-state index in [9.17, 15) is 4.79 Å². The lowest BCUT2D eigenvalue weighted by atomic mass is 10.1. The Hall–Kier alpha value is -1.51. The molecule has 0 aromatic heterocycles. The Balaban J connectivity index is 2.55. The first-order valence-electron chi connectivity index (χ1n) is 7.80. The average Bonchev–Trinajstić information content (AvgIpc) is 2.45. The molecule has 0 saturated carbocycles. The van der Waals surface area contributed by atoms with Gasteiger partial charge in [0.25, 0.3) is 0 Å². The minimum atomic E-state index is 0.256. The maximum absolute atomic E-state index is 12.3. The minimum Gasteiger partial charge on any atom is -0.398 e. The van der Waals surface area contributed by atoms with Gasteiger partial charge in [-0.05, 0) is 24.5 Å². The summed E-state index contributed by atoms with van der Waals surface area (Å²) in [6.07, 6.45) is 6.20. The van der Waals surface area contributed by atoms with Crippen LogP contribution in [0.3, 0.4) is 0 Å². The van der Waals surface area contributed by atoms with Gasteiger partial charge in [0.15, 0.2) is 0 Å². The van der Waals surface area contributed by atoms with Crippen LogP contribution in [-0.2, 0) is 11.3 Å². The van der Waals surface area contributed by atoms with Crippen molar-refractivity contribution in [3.63, 3.8) is 0 Å². The molecule has 1 aromatic carbocycles. The van der Waals surface area contributed by atoms with Crippen LogP contribution in [0.4, 0.5) is 5.69 Å². The smallest absolute Gasteiger partial charge is 0.222 e. The maximum Gasteiger partial charge on any atom is 0.222 e. The van der Waals surface area contributed by atoms with Gasteiger partial charge < -0.3 is 10.6 Å². The molecule has 3 nitrogen and oxygen atoms in total. The zero-order valence-electron chi connectivity index (χ0n) is 12.9. The van der Waals surface area contributed by atoms with E-state index in [1.165, 1.54) is 12.8 Å². The van der Waals surface area contributed by atoms with Gasteiger partial charge >= 0.3 is 0 Å². The minimum absolute atomic E-state index is 0.256. The van der Waals surface area contributed by atoms with E-state index in [0.717, 1.165) is 37.1 Å². The lowest BCUT2D eigenvalue weighted by molar-refractivity contribution is -0.132. The standard InChI is InChI=1S/C17H28N2O/c1-3-5-6-7-12-17(20)19(13-4-2)14-15-10-8-9-11-16(15)18/h8-11H,3-7,12-14,18H2,1-2H3. The van der Waals surface area contributed by atoms with Crippen LogP contribution in [0.1, 0.15) is 57.9 Å². The monoisotopic (exact) mass is 276 g/mol. The first-order valence-corrected chi connectivity index (χ1v) is 7.80. The van der Waals surface area contributed by atoms with Crippen molar-refractivity contribution in [2.45, 2.75) is 58.9 Å². The topological polar surface area (TPSA) is 46.3 Å². The quantitative estimate of drug-likeness (QED) is 0.548. The zero-order chi connectivity index (χ0) is 14.8. The SMILES string of the molecule is CCCCCCC(=O)N(CCC)Cc1ccccc1N. The van der Waals surface area contributed by atoms with E-state index in [0.29, 0.717) is 13.0 Å². The van der Waals surface area contributed by atoms with E-state index in [4.69, 9.17) is 5.73 Å². The van der Waals surface area contributed by atoms with Gasteiger partial charge in [-0.1, -0.05) is 51.3 Å². The van der Waals surface area contributed by atoms with E-state index in [2.05, 4.69) is 13.8 Å². The highest BCUT2D eigenvalue weighted by molar-refractivity contribution is 5.76. The van der Waals surface area contributed by atoms with Crippen molar-refractivity contribution >= 4 is 11.6 Å². The molecule has 0 spiro atoms. The van der Waals surface area contributed by atoms with Gasteiger partial charge in [-0.2, -0.15) is 0 Å². The largest absolute Gasteiger partial charge is 0.398 e. The van der Waals surface area contributed by atoms with Crippen LogP contribution in [0.15, 0.2) is 24.3 Å². The van der Waals surface area contributed by atoms with Crippen LogP contribution in [0.5, 0.6) is 0 Å². The van der Waals surface area contributed by atoms with Gasteiger partial charge in [0.05, 0.1) is 0 Å². The molecule has 0 radical (unpaired) electrons. The Morgan fingerprint density at radius 3 is 2.50 bits per heavy atom. The highest BCUT2D eigenvalue weighted by atomic mass is 16.2. The summed E-state index contributed by atoms with van der Waals surface area (Å²) in [5.74, 6) is 0.256. The van der Waals surface area contributed by atoms with Crippen molar-refractivity contribution < 1.29 is 4.79 Å². The summed E-state index contributed by atoms with van der Waals surface area (Å²) < 4.78 is 0. The molecule has 0 aliphatic rings. The number of amides is 1. The molecule has 0 bridgehead atoms. The Labute approximate surface area is 123 Å². The maximum atomic E-state index is 12.3. The number of benzene rings is 1. The average molecular weight is 276 g/mol. The highest BCUT2D eigenvalue weighted by Crippen LogP contribution is 2.15. The zero-order valence-corrected chi connectivity index (χ0v) is 12.9. The lowest BCUT2D eigenvalue weighted by Crippen LogP contribution is -2.31. The van der Waals surface area contributed by atoms with Gasteiger partial charge in [0, 0.05) is 25.2 Å². The van der Waals surface area contributed by atoms with E-state index < -0.39 is 0 Å². The Morgan fingerprint density at radius 1 is 1.10 bits per heavy atom. The van der Waals surface area contributed by atoms with Crippen LogP contribution < -0.4 is 5.73 Å². The number of nitrogen functional groups attached to an aromatic ring is 1.